The van der Waals surface area contributed by atoms with Crippen LogP contribution >= 0.6 is 0 Å². The first-order valence-corrected chi connectivity index (χ1v) is 16.0. The Hall–Kier alpha value is -5.90. The van der Waals surface area contributed by atoms with E-state index < -0.39 is 5.69 Å². The van der Waals surface area contributed by atoms with E-state index in [9.17, 15) is 9.59 Å². The molecule has 1 fully saturated rings. The van der Waals surface area contributed by atoms with Crippen LogP contribution in [0.5, 0.6) is 0 Å². The van der Waals surface area contributed by atoms with Gasteiger partial charge in [-0.3, -0.25) is 4.79 Å². The number of hydrogen-bond donors (Lipinski definition) is 1. The lowest BCUT2D eigenvalue weighted by atomic mass is 9.88. The second-order valence-electron chi connectivity index (χ2n) is 12.0. The van der Waals surface area contributed by atoms with Gasteiger partial charge in [0.2, 0.25) is 5.82 Å². The lowest BCUT2D eigenvalue weighted by Crippen LogP contribution is -2.39. The number of tetrazole rings is 1. The molecule has 10 heteroatoms. The molecule has 0 saturated heterocycles. The fraction of sp³-hybridized carbons (Fsp3) is 0.189. The Labute approximate surface area is 270 Å². The summed E-state index contributed by atoms with van der Waals surface area (Å²) in [7, 11) is 0. The van der Waals surface area contributed by atoms with Crippen molar-refractivity contribution >= 4 is 11.2 Å². The third kappa shape index (κ3) is 5.17. The minimum atomic E-state index is -0.440. The van der Waals surface area contributed by atoms with E-state index in [0.717, 1.165) is 53.8 Å². The van der Waals surface area contributed by atoms with Gasteiger partial charge < -0.3 is 4.57 Å². The first-order chi connectivity index (χ1) is 23.2. The Morgan fingerprint density at radius 1 is 0.702 bits per heavy atom. The fourth-order valence-electron chi connectivity index (χ4n) is 6.83. The molecule has 3 heterocycles. The zero-order valence-corrected chi connectivity index (χ0v) is 25.7. The third-order valence-electron chi connectivity index (χ3n) is 9.10. The van der Waals surface area contributed by atoms with Crippen molar-refractivity contribution in [3.63, 3.8) is 0 Å². The summed E-state index contributed by atoms with van der Waals surface area (Å²) in [5, 5.41) is 14.6. The highest BCUT2D eigenvalue weighted by molar-refractivity contribution is 5.80. The molecule has 0 spiro atoms. The smallest absolute Gasteiger partial charge is 0.317 e. The van der Waals surface area contributed by atoms with E-state index in [1.165, 1.54) is 11.0 Å². The fourth-order valence-corrected chi connectivity index (χ4v) is 6.83. The number of imidazole rings is 1. The van der Waals surface area contributed by atoms with Crippen LogP contribution in [0.4, 0.5) is 0 Å². The van der Waals surface area contributed by atoms with E-state index in [0.29, 0.717) is 34.9 Å². The lowest BCUT2D eigenvalue weighted by molar-refractivity contribution is 0.420. The molecule has 47 heavy (non-hydrogen) atoms. The number of aromatic amines is 1. The molecule has 0 unspecified atom stereocenters. The summed E-state index contributed by atoms with van der Waals surface area (Å²) in [4.78, 5) is 33.9. The van der Waals surface area contributed by atoms with E-state index in [-0.39, 0.29) is 11.5 Å². The second-order valence-corrected chi connectivity index (χ2v) is 12.0. The van der Waals surface area contributed by atoms with Crippen molar-refractivity contribution in [1.29, 1.82) is 0 Å². The molecule has 0 bridgehead atoms. The molecule has 7 aromatic rings. The summed E-state index contributed by atoms with van der Waals surface area (Å²) in [6.45, 7) is 0.437. The molecule has 232 valence electrons. The number of para-hydroxylation sites is 2. The van der Waals surface area contributed by atoms with Gasteiger partial charge in [0.25, 0.3) is 5.56 Å². The van der Waals surface area contributed by atoms with Gasteiger partial charge in [-0.05, 0) is 59.0 Å². The van der Waals surface area contributed by atoms with E-state index in [1.807, 2.05) is 72.8 Å². The zero-order chi connectivity index (χ0) is 31.7. The Bertz CT molecular complexity index is 2280. The minimum Gasteiger partial charge on any atom is -0.317 e. The van der Waals surface area contributed by atoms with Gasteiger partial charge in [0.15, 0.2) is 11.2 Å². The summed E-state index contributed by atoms with van der Waals surface area (Å²) in [5.74, 6) is 1.59. The van der Waals surface area contributed by atoms with Gasteiger partial charge in [-0.15, -0.1) is 10.2 Å². The second kappa shape index (κ2) is 12.1. The Morgan fingerprint density at radius 2 is 1.34 bits per heavy atom. The molecular formula is C37H32N8O2. The van der Waals surface area contributed by atoms with Crippen molar-refractivity contribution in [3.8, 4) is 33.9 Å². The maximum Gasteiger partial charge on any atom is 0.342 e. The van der Waals surface area contributed by atoms with Crippen molar-refractivity contribution in [2.45, 2.75) is 44.6 Å². The molecule has 1 N–H and O–H groups in total. The molecule has 8 rings (SSSR count). The number of rotatable bonds is 7. The van der Waals surface area contributed by atoms with E-state index in [2.05, 4.69) is 49.5 Å². The SMILES string of the molecule is O=c1c2c(nc(C3CCCCC3)n2Cc2ccc(-c3ccccc3-c3nn[nH]n3)cc2)n(-c2ccccc2)c(=O)n1-c1ccccc1. The first kappa shape index (κ1) is 28.6. The number of nitrogens with one attached hydrogen (secondary N) is 1. The highest BCUT2D eigenvalue weighted by Crippen LogP contribution is 2.35. The molecular weight excluding hydrogens is 588 g/mol. The number of benzene rings is 4. The third-order valence-corrected chi connectivity index (χ3v) is 9.10. The molecule has 3 aromatic heterocycles. The standard InChI is InChI=1S/C37H32N8O2/c46-36-32-35(44(28-14-6-2-7-15-28)37(47)45(36)29-16-8-3-9-17-29)38-34(27-12-4-1-5-13-27)43(32)24-25-20-22-26(23-21-25)30-18-10-11-19-31(30)33-39-41-42-40-33/h2-3,6-11,14-23,27H,1,4-5,12-13,24H2,(H,39,40,41,42). The van der Waals surface area contributed by atoms with E-state index >= 15 is 0 Å². The molecule has 0 radical (unpaired) electrons. The molecule has 1 aliphatic rings. The predicted molar refractivity (Wildman–Crippen MR) is 181 cm³/mol. The van der Waals surface area contributed by atoms with Crippen LogP contribution in [0.2, 0.25) is 0 Å². The Balaban J connectivity index is 1.31. The van der Waals surface area contributed by atoms with Crippen LogP contribution < -0.4 is 11.2 Å². The predicted octanol–water partition coefficient (Wildman–Crippen LogP) is 6.28. The van der Waals surface area contributed by atoms with Gasteiger partial charge in [-0.1, -0.05) is 104 Å². The number of nitrogens with zero attached hydrogens (tertiary/aromatic N) is 7. The number of H-pyrrole nitrogens is 1. The molecule has 1 saturated carbocycles. The minimum absolute atomic E-state index is 0.196. The normalized spacial score (nSPS) is 13.7. The Morgan fingerprint density at radius 3 is 2.00 bits per heavy atom. The molecule has 4 aromatic carbocycles. The highest BCUT2D eigenvalue weighted by atomic mass is 16.2. The maximum atomic E-state index is 14.5. The van der Waals surface area contributed by atoms with Crippen molar-refractivity contribution in [2.24, 2.45) is 0 Å². The first-order valence-electron chi connectivity index (χ1n) is 16.0. The van der Waals surface area contributed by atoms with Crippen LogP contribution in [0.25, 0.3) is 45.1 Å². The molecule has 0 atom stereocenters. The zero-order valence-electron chi connectivity index (χ0n) is 25.7. The van der Waals surface area contributed by atoms with E-state index in [1.54, 1.807) is 16.7 Å². The molecule has 10 nitrogen and oxygen atoms in total. The van der Waals surface area contributed by atoms with Crippen LogP contribution in [0.1, 0.15) is 49.4 Å². The topological polar surface area (TPSA) is 116 Å². The molecule has 0 aliphatic heterocycles. The van der Waals surface area contributed by atoms with Crippen molar-refractivity contribution < 1.29 is 0 Å². The summed E-state index contributed by atoms with van der Waals surface area (Å²) >= 11 is 0. The van der Waals surface area contributed by atoms with Crippen LogP contribution in [0, 0.1) is 0 Å². The van der Waals surface area contributed by atoms with Gasteiger partial charge in [0.05, 0.1) is 11.4 Å². The quantitative estimate of drug-likeness (QED) is 0.224. The van der Waals surface area contributed by atoms with Crippen molar-refractivity contribution in [3.05, 3.63) is 141 Å². The summed E-state index contributed by atoms with van der Waals surface area (Å²) in [5.41, 5.74) is 5.10. The summed E-state index contributed by atoms with van der Waals surface area (Å²) in [6.07, 6.45) is 5.42. The van der Waals surface area contributed by atoms with Crippen LogP contribution in [-0.2, 0) is 6.54 Å². The lowest BCUT2D eigenvalue weighted by Gasteiger charge is -2.22. The summed E-state index contributed by atoms with van der Waals surface area (Å²) < 4.78 is 4.93. The largest absolute Gasteiger partial charge is 0.342 e. The number of aromatic nitrogens is 8. The van der Waals surface area contributed by atoms with Crippen molar-refractivity contribution in [2.75, 3.05) is 0 Å². The van der Waals surface area contributed by atoms with Gasteiger partial charge in [0, 0.05) is 18.0 Å². The molecule has 0 amide bonds. The maximum absolute atomic E-state index is 14.5. The Kier molecular flexibility index (Phi) is 7.37. The monoisotopic (exact) mass is 620 g/mol. The number of hydrogen-bond acceptors (Lipinski definition) is 6. The van der Waals surface area contributed by atoms with Gasteiger partial charge in [0.1, 0.15) is 5.82 Å². The van der Waals surface area contributed by atoms with Gasteiger partial charge >= 0.3 is 5.69 Å². The number of fused-ring (bicyclic) bond motifs is 1. The average Bonchev–Trinajstić information content (AvgIpc) is 3.79. The van der Waals surface area contributed by atoms with Gasteiger partial charge in [-0.2, -0.15) is 5.21 Å². The van der Waals surface area contributed by atoms with Crippen LogP contribution in [-0.4, -0.2) is 39.3 Å². The summed E-state index contributed by atoms with van der Waals surface area (Å²) in [6, 6.07) is 34.9. The highest BCUT2D eigenvalue weighted by Gasteiger charge is 2.28. The van der Waals surface area contributed by atoms with Crippen LogP contribution in [0.3, 0.4) is 0 Å². The van der Waals surface area contributed by atoms with Crippen molar-refractivity contribution in [1.82, 2.24) is 39.3 Å². The van der Waals surface area contributed by atoms with Crippen LogP contribution in [0.15, 0.2) is 119 Å². The van der Waals surface area contributed by atoms with E-state index in [4.69, 9.17) is 4.98 Å². The molecule has 1 aliphatic carbocycles. The average molecular weight is 621 g/mol. The van der Waals surface area contributed by atoms with Gasteiger partial charge in [-0.25, -0.2) is 18.9 Å².